The van der Waals surface area contributed by atoms with Crippen molar-refractivity contribution in [2.24, 2.45) is 0 Å². The molecule has 3 aromatic heterocycles. The number of aromatic nitrogens is 6. The van der Waals surface area contributed by atoms with Crippen LogP contribution < -0.4 is 10.6 Å². The maximum absolute atomic E-state index is 12.3. The van der Waals surface area contributed by atoms with Crippen LogP contribution in [0.4, 0.5) is 11.5 Å². The number of fused-ring (bicyclic) bond motifs is 1. The van der Waals surface area contributed by atoms with Crippen molar-refractivity contribution in [2.45, 2.75) is 13.0 Å². The van der Waals surface area contributed by atoms with Crippen LogP contribution in [0.5, 0.6) is 0 Å². The number of anilines is 2. The van der Waals surface area contributed by atoms with Gasteiger partial charge in [0.05, 0.1) is 29.6 Å². The highest BCUT2D eigenvalue weighted by atomic mass is 16.1. The molecular weight excluding hydrogens is 416 g/mol. The van der Waals surface area contributed by atoms with E-state index in [1.54, 1.807) is 24.8 Å². The molecule has 0 aliphatic rings. The standard InChI is InChI=1S/C24H20N8O/c1-16(17-5-3-2-4-6-17)29-22-13-26-14-23(31-22)32-15-28-19-11-18(7-8-21(19)32)30-24(33)20-12-25-9-10-27-20/h2-16H,1H3,(H,29,31)(H,30,33)/t16-/m0/s1. The Morgan fingerprint density at radius 3 is 2.67 bits per heavy atom. The highest BCUT2D eigenvalue weighted by Crippen LogP contribution is 2.22. The van der Waals surface area contributed by atoms with Crippen molar-refractivity contribution >= 4 is 28.4 Å². The number of amides is 1. The number of imidazole rings is 1. The van der Waals surface area contributed by atoms with Crippen molar-refractivity contribution in [1.29, 1.82) is 0 Å². The normalized spacial score (nSPS) is 11.8. The van der Waals surface area contributed by atoms with Crippen molar-refractivity contribution in [1.82, 2.24) is 29.5 Å². The van der Waals surface area contributed by atoms with Crippen LogP contribution in [0, 0.1) is 0 Å². The monoisotopic (exact) mass is 436 g/mol. The van der Waals surface area contributed by atoms with E-state index in [9.17, 15) is 4.79 Å². The molecule has 9 heteroatoms. The summed E-state index contributed by atoms with van der Waals surface area (Å²) in [6.07, 6.45) is 9.48. The van der Waals surface area contributed by atoms with Crippen LogP contribution in [0.3, 0.4) is 0 Å². The Morgan fingerprint density at radius 2 is 1.85 bits per heavy atom. The fourth-order valence-corrected chi connectivity index (χ4v) is 3.47. The van der Waals surface area contributed by atoms with Gasteiger partial charge < -0.3 is 10.6 Å². The Hall–Kier alpha value is -4.66. The Kier molecular flexibility index (Phi) is 5.42. The summed E-state index contributed by atoms with van der Waals surface area (Å²) >= 11 is 0. The Balaban J connectivity index is 1.37. The van der Waals surface area contributed by atoms with Gasteiger partial charge >= 0.3 is 0 Å². The lowest BCUT2D eigenvalue weighted by Crippen LogP contribution is -2.13. The van der Waals surface area contributed by atoms with Crippen LogP contribution in [0.2, 0.25) is 0 Å². The largest absolute Gasteiger partial charge is 0.362 e. The maximum atomic E-state index is 12.3. The molecule has 5 aromatic rings. The quantitative estimate of drug-likeness (QED) is 0.413. The average Bonchev–Trinajstić information content (AvgIpc) is 3.28. The molecule has 0 spiro atoms. The lowest BCUT2D eigenvalue weighted by Gasteiger charge is -2.15. The number of nitrogens with zero attached hydrogens (tertiary/aromatic N) is 6. The minimum Gasteiger partial charge on any atom is -0.362 e. The van der Waals surface area contributed by atoms with E-state index in [2.05, 4.69) is 49.6 Å². The Morgan fingerprint density at radius 1 is 0.970 bits per heavy atom. The molecule has 2 N–H and O–H groups in total. The number of rotatable bonds is 6. The number of hydrogen-bond acceptors (Lipinski definition) is 7. The molecule has 9 nitrogen and oxygen atoms in total. The fourth-order valence-electron chi connectivity index (χ4n) is 3.47. The van der Waals surface area contributed by atoms with Gasteiger partial charge in [-0.2, -0.15) is 0 Å². The molecule has 3 heterocycles. The van der Waals surface area contributed by atoms with E-state index < -0.39 is 0 Å². The Bertz CT molecular complexity index is 1400. The van der Waals surface area contributed by atoms with Crippen molar-refractivity contribution in [3.8, 4) is 5.82 Å². The Labute approximate surface area is 189 Å². The van der Waals surface area contributed by atoms with Gasteiger partial charge in [-0.1, -0.05) is 30.3 Å². The molecule has 0 aliphatic carbocycles. The third-order valence-corrected chi connectivity index (χ3v) is 5.13. The molecule has 1 amide bonds. The molecule has 0 bridgehead atoms. The topological polar surface area (TPSA) is 111 Å². The highest BCUT2D eigenvalue weighted by molar-refractivity contribution is 6.03. The summed E-state index contributed by atoms with van der Waals surface area (Å²) in [5, 5.41) is 6.21. The van der Waals surface area contributed by atoms with E-state index in [1.807, 2.05) is 34.9 Å². The fraction of sp³-hybridized carbons (Fsp3) is 0.0833. The first-order chi connectivity index (χ1) is 16.2. The van der Waals surface area contributed by atoms with Gasteiger partial charge in [0, 0.05) is 24.1 Å². The maximum Gasteiger partial charge on any atom is 0.275 e. The number of benzene rings is 2. The van der Waals surface area contributed by atoms with Crippen molar-refractivity contribution < 1.29 is 4.79 Å². The number of nitrogens with one attached hydrogen (secondary N) is 2. The molecule has 0 radical (unpaired) electrons. The summed E-state index contributed by atoms with van der Waals surface area (Å²) in [7, 11) is 0. The molecular formula is C24H20N8O. The second-order valence-corrected chi connectivity index (χ2v) is 7.40. The summed E-state index contributed by atoms with van der Waals surface area (Å²) in [6.45, 7) is 2.08. The van der Waals surface area contributed by atoms with Crippen LogP contribution in [0.25, 0.3) is 16.9 Å². The molecule has 0 saturated heterocycles. The van der Waals surface area contributed by atoms with E-state index in [-0.39, 0.29) is 17.6 Å². The van der Waals surface area contributed by atoms with E-state index >= 15 is 0 Å². The van der Waals surface area contributed by atoms with Crippen molar-refractivity contribution in [3.05, 3.63) is 97.1 Å². The minimum atomic E-state index is -0.334. The van der Waals surface area contributed by atoms with Crippen LogP contribution in [-0.4, -0.2) is 35.4 Å². The number of carbonyl (C=O) groups excluding carboxylic acids is 1. The first kappa shape index (κ1) is 20.3. The second kappa shape index (κ2) is 8.83. The minimum absolute atomic E-state index is 0.0794. The molecule has 1 atom stereocenters. The van der Waals surface area contributed by atoms with Gasteiger partial charge in [-0.15, -0.1) is 0 Å². The molecule has 162 valence electrons. The zero-order chi connectivity index (χ0) is 22.6. The third kappa shape index (κ3) is 4.38. The van der Waals surface area contributed by atoms with E-state index in [0.717, 1.165) is 11.1 Å². The van der Waals surface area contributed by atoms with Crippen LogP contribution >= 0.6 is 0 Å². The molecule has 0 aliphatic heterocycles. The zero-order valence-electron chi connectivity index (χ0n) is 17.8. The van der Waals surface area contributed by atoms with Gasteiger partial charge in [-0.05, 0) is 30.7 Å². The van der Waals surface area contributed by atoms with Gasteiger partial charge in [0.15, 0.2) is 5.82 Å². The molecule has 33 heavy (non-hydrogen) atoms. The predicted molar refractivity (Wildman–Crippen MR) is 125 cm³/mol. The van der Waals surface area contributed by atoms with Crippen LogP contribution in [0.1, 0.15) is 29.0 Å². The lowest BCUT2D eigenvalue weighted by atomic mass is 10.1. The number of hydrogen-bond donors (Lipinski definition) is 2. The van der Waals surface area contributed by atoms with Crippen molar-refractivity contribution in [2.75, 3.05) is 10.6 Å². The van der Waals surface area contributed by atoms with Crippen LogP contribution in [-0.2, 0) is 0 Å². The summed E-state index contributed by atoms with van der Waals surface area (Å²) < 4.78 is 1.86. The van der Waals surface area contributed by atoms with E-state index in [4.69, 9.17) is 4.98 Å². The van der Waals surface area contributed by atoms with Gasteiger partial charge in [0.1, 0.15) is 17.8 Å². The summed E-state index contributed by atoms with van der Waals surface area (Å²) in [5.74, 6) is 0.969. The first-order valence-corrected chi connectivity index (χ1v) is 10.4. The van der Waals surface area contributed by atoms with Crippen LogP contribution in [0.15, 0.2) is 85.8 Å². The smallest absolute Gasteiger partial charge is 0.275 e. The zero-order valence-corrected chi connectivity index (χ0v) is 17.8. The SMILES string of the molecule is C[C@H](Nc1cncc(-n2cnc3cc(NC(=O)c4cnccn4)ccc32)n1)c1ccccc1. The molecule has 0 saturated carbocycles. The third-order valence-electron chi connectivity index (χ3n) is 5.13. The number of carbonyl (C=O) groups is 1. The molecule has 0 fully saturated rings. The van der Waals surface area contributed by atoms with Gasteiger partial charge in [-0.25, -0.2) is 15.0 Å². The summed E-state index contributed by atoms with van der Waals surface area (Å²) in [6, 6.07) is 15.7. The van der Waals surface area contributed by atoms with E-state index in [1.165, 1.54) is 18.6 Å². The average molecular weight is 436 g/mol. The van der Waals surface area contributed by atoms with Crippen molar-refractivity contribution in [3.63, 3.8) is 0 Å². The lowest BCUT2D eigenvalue weighted by molar-refractivity contribution is 0.102. The summed E-state index contributed by atoms with van der Waals surface area (Å²) in [5.41, 5.74) is 3.57. The molecule has 5 rings (SSSR count). The highest BCUT2D eigenvalue weighted by Gasteiger charge is 2.12. The summed E-state index contributed by atoms with van der Waals surface area (Å²) in [4.78, 5) is 33.8. The van der Waals surface area contributed by atoms with Gasteiger partial charge in [0.2, 0.25) is 0 Å². The second-order valence-electron chi connectivity index (χ2n) is 7.40. The first-order valence-electron chi connectivity index (χ1n) is 10.4. The molecule has 0 unspecified atom stereocenters. The predicted octanol–water partition coefficient (Wildman–Crippen LogP) is 4.03. The van der Waals surface area contributed by atoms with Gasteiger partial charge in [0.25, 0.3) is 5.91 Å². The van der Waals surface area contributed by atoms with E-state index in [0.29, 0.717) is 22.8 Å². The van der Waals surface area contributed by atoms with Gasteiger partial charge in [-0.3, -0.25) is 19.3 Å². The molecule has 2 aromatic carbocycles.